The lowest BCUT2D eigenvalue weighted by Gasteiger charge is -2.20. The summed E-state index contributed by atoms with van der Waals surface area (Å²) < 4.78 is 0. The molecule has 154 valence electrons. The zero-order valence-electron chi connectivity index (χ0n) is 16.9. The topological polar surface area (TPSA) is 52.6 Å². The van der Waals surface area contributed by atoms with E-state index in [-0.39, 0.29) is 24.0 Å². The normalized spacial score (nSPS) is 15.6. The molecule has 0 spiro atoms. The van der Waals surface area contributed by atoms with E-state index in [9.17, 15) is 0 Å². The minimum absolute atomic E-state index is 0. The molecule has 0 saturated carbocycles. The summed E-state index contributed by atoms with van der Waals surface area (Å²) in [7, 11) is 1.80. The first-order chi connectivity index (χ1) is 13.2. The number of hydrogen-bond acceptors (Lipinski definition) is 4. The van der Waals surface area contributed by atoms with Gasteiger partial charge in [0.25, 0.3) is 0 Å². The number of aliphatic imine (C=N–C) groups is 1. The first kappa shape index (κ1) is 23.1. The second-order valence-electron chi connectivity index (χ2n) is 7.15. The van der Waals surface area contributed by atoms with Crippen LogP contribution in [-0.4, -0.2) is 36.0 Å². The van der Waals surface area contributed by atoms with Crippen molar-refractivity contribution in [3.05, 3.63) is 51.5 Å². The molecule has 2 heterocycles. The van der Waals surface area contributed by atoms with Crippen LogP contribution in [0.25, 0.3) is 0 Å². The summed E-state index contributed by atoms with van der Waals surface area (Å²) in [6.45, 7) is 7.09. The van der Waals surface area contributed by atoms with E-state index in [2.05, 4.69) is 56.7 Å². The summed E-state index contributed by atoms with van der Waals surface area (Å²) in [5, 5.41) is 7.78. The van der Waals surface area contributed by atoms with E-state index in [1.165, 1.54) is 54.8 Å². The Morgan fingerprint density at radius 1 is 1.04 bits per heavy atom. The van der Waals surface area contributed by atoms with Gasteiger partial charge in [0.2, 0.25) is 0 Å². The summed E-state index contributed by atoms with van der Waals surface area (Å²) in [6, 6.07) is 8.96. The molecule has 0 atom stereocenters. The van der Waals surface area contributed by atoms with Gasteiger partial charge in [0.15, 0.2) is 5.96 Å². The first-order valence-electron chi connectivity index (χ1n) is 9.89. The van der Waals surface area contributed by atoms with Gasteiger partial charge >= 0.3 is 0 Å². The second-order valence-corrected chi connectivity index (χ2v) is 8.47. The predicted molar refractivity (Wildman–Crippen MR) is 129 cm³/mol. The molecule has 0 radical (unpaired) electrons. The van der Waals surface area contributed by atoms with Crippen LogP contribution in [0.3, 0.4) is 0 Å². The van der Waals surface area contributed by atoms with E-state index in [4.69, 9.17) is 0 Å². The van der Waals surface area contributed by atoms with Crippen molar-refractivity contribution in [1.82, 2.24) is 20.5 Å². The van der Waals surface area contributed by atoms with Crippen molar-refractivity contribution in [3.8, 4) is 0 Å². The molecule has 1 aliphatic rings. The molecule has 0 unspecified atom stereocenters. The third-order valence-corrected chi connectivity index (χ3v) is 5.80. The Labute approximate surface area is 190 Å². The van der Waals surface area contributed by atoms with Gasteiger partial charge in [-0.1, -0.05) is 37.1 Å². The van der Waals surface area contributed by atoms with Gasteiger partial charge in [-0.2, -0.15) is 0 Å². The van der Waals surface area contributed by atoms with Crippen LogP contribution in [0, 0.1) is 6.92 Å². The molecule has 3 rings (SSSR count). The fourth-order valence-electron chi connectivity index (χ4n) is 3.36. The maximum atomic E-state index is 4.37. The van der Waals surface area contributed by atoms with Gasteiger partial charge in [0.1, 0.15) is 5.01 Å². The van der Waals surface area contributed by atoms with Gasteiger partial charge < -0.3 is 10.6 Å². The number of aryl methyl sites for hydroxylation is 1. The highest BCUT2D eigenvalue weighted by atomic mass is 127. The second kappa shape index (κ2) is 12.4. The minimum atomic E-state index is 0. The molecule has 1 aromatic carbocycles. The van der Waals surface area contributed by atoms with Crippen LogP contribution in [0.5, 0.6) is 0 Å². The number of nitrogens with one attached hydrogen (secondary N) is 2. The van der Waals surface area contributed by atoms with Crippen LogP contribution in [0.2, 0.25) is 0 Å². The average molecular weight is 513 g/mol. The maximum Gasteiger partial charge on any atom is 0.191 e. The molecule has 0 aliphatic carbocycles. The highest BCUT2D eigenvalue weighted by molar-refractivity contribution is 14.0. The van der Waals surface area contributed by atoms with Crippen LogP contribution in [0.1, 0.15) is 46.7 Å². The lowest BCUT2D eigenvalue weighted by molar-refractivity contribution is 0.277. The largest absolute Gasteiger partial charge is 0.352 e. The Bertz CT molecular complexity index is 721. The maximum absolute atomic E-state index is 4.37. The monoisotopic (exact) mass is 513 g/mol. The smallest absolute Gasteiger partial charge is 0.191 e. The van der Waals surface area contributed by atoms with Gasteiger partial charge in [-0.05, 0) is 44.0 Å². The standard InChI is InChI=1S/C21H31N5S.HI/c1-17-13-23-20(27-17)15-25-21(22-2)24-14-18-7-9-19(10-8-18)16-26-11-5-3-4-6-12-26;/h7-10,13H,3-6,11-12,14-16H2,1-2H3,(H2,22,24,25);1H. The number of guanidine groups is 1. The Kier molecular flexibility index (Phi) is 10.2. The van der Waals surface area contributed by atoms with Gasteiger partial charge in [-0.25, -0.2) is 4.98 Å². The highest BCUT2D eigenvalue weighted by Gasteiger charge is 2.09. The van der Waals surface area contributed by atoms with Crippen LogP contribution >= 0.6 is 35.3 Å². The third-order valence-electron chi connectivity index (χ3n) is 4.89. The van der Waals surface area contributed by atoms with E-state index < -0.39 is 0 Å². The van der Waals surface area contributed by atoms with E-state index in [1.54, 1.807) is 18.4 Å². The van der Waals surface area contributed by atoms with Crippen molar-refractivity contribution in [1.29, 1.82) is 0 Å². The molecular weight excluding hydrogens is 481 g/mol. The van der Waals surface area contributed by atoms with E-state index >= 15 is 0 Å². The molecule has 5 nitrogen and oxygen atoms in total. The third kappa shape index (κ3) is 7.67. The van der Waals surface area contributed by atoms with Crippen molar-refractivity contribution in [2.75, 3.05) is 20.1 Å². The number of thiazole rings is 1. The highest BCUT2D eigenvalue weighted by Crippen LogP contribution is 2.14. The van der Waals surface area contributed by atoms with E-state index in [0.717, 1.165) is 24.1 Å². The van der Waals surface area contributed by atoms with Crippen LogP contribution < -0.4 is 10.6 Å². The molecule has 28 heavy (non-hydrogen) atoms. The van der Waals surface area contributed by atoms with Crippen molar-refractivity contribution in [2.24, 2.45) is 4.99 Å². The fourth-order valence-corrected chi connectivity index (χ4v) is 4.09. The zero-order chi connectivity index (χ0) is 18.9. The number of nitrogens with zero attached hydrogens (tertiary/aromatic N) is 3. The summed E-state index contributed by atoms with van der Waals surface area (Å²) in [4.78, 5) is 12.5. The van der Waals surface area contributed by atoms with Gasteiger partial charge in [0.05, 0.1) is 6.54 Å². The Balaban J connectivity index is 0.00000280. The van der Waals surface area contributed by atoms with Crippen molar-refractivity contribution >= 4 is 41.3 Å². The first-order valence-corrected chi connectivity index (χ1v) is 10.7. The number of likely N-dealkylation sites (tertiary alicyclic amines) is 1. The number of halogens is 1. The quantitative estimate of drug-likeness (QED) is 0.344. The van der Waals surface area contributed by atoms with Crippen LogP contribution in [-0.2, 0) is 19.6 Å². The summed E-state index contributed by atoms with van der Waals surface area (Å²) in [5.41, 5.74) is 2.67. The minimum Gasteiger partial charge on any atom is -0.352 e. The fraction of sp³-hybridized carbons (Fsp3) is 0.524. The molecular formula is C21H32IN5S. The van der Waals surface area contributed by atoms with E-state index in [1.807, 2.05) is 6.20 Å². The lowest BCUT2D eigenvalue weighted by atomic mass is 10.1. The number of benzene rings is 1. The SMILES string of the molecule is CN=C(NCc1ccc(CN2CCCCCC2)cc1)NCc1ncc(C)s1.I. The summed E-state index contributed by atoms with van der Waals surface area (Å²) in [6.07, 6.45) is 7.37. The molecule has 0 bridgehead atoms. The molecule has 2 N–H and O–H groups in total. The molecule has 1 fully saturated rings. The van der Waals surface area contributed by atoms with Crippen LogP contribution in [0.15, 0.2) is 35.5 Å². The van der Waals surface area contributed by atoms with Gasteiger partial charge in [0, 0.05) is 31.2 Å². The Morgan fingerprint density at radius 2 is 1.68 bits per heavy atom. The molecule has 1 aliphatic heterocycles. The van der Waals surface area contributed by atoms with Crippen LogP contribution in [0.4, 0.5) is 0 Å². The predicted octanol–water partition coefficient (Wildman–Crippen LogP) is 4.31. The average Bonchev–Trinajstić information content (AvgIpc) is 2.93. The van der Waals surface area contributed by atoms with E-state index in [0.29, 0.717) is 6.54 Å². The van der Waals surface area contributed by atoms with Crippen molar-refractivity contribution in [3.63, 3.8) is 0 Å². The zero-order valence-corrected chi connectivity index (χ0v) is 20.1. The Morgan fingerprint density at radius 3 is 2.29 bits per heavy atom. The number of aromatic nitrogens is 1. The molecule has 1 saturated heterocycles. The van der Waals surface area contributed by atoms with Gasteiger partial charge in [-0.15, -0.1) is 35.3 Å². The lowest BCUT2D eigenvalue weighted by Crippen LogP contribution is -2.36. The molecule has 2 aromatic rings. The Hall–Kier alpha value is -1.19. The van der Waals surface area contributed by atoms with Gasteiger partial charge in [-0.3, -0.25) is 9.89 Å². The van der Waals surface area contributed by atoms with Crippen molar-refractivity contribution < 1.29 is 0 Å². The summed E-state index contributed by atoms with van der Waals surface area (Å²) >= 11 is 1.71. The molecule has 0 amide bonds. The molecule has 1 aromatic heterocycles. The molecule has 7 heteroatoms. The summed E-state index contributed by atoms with van der Waals surface area (Å²) in [5.74, 6) is 0.802. The van der Waals surface area contributed by atoms with Crippen molar-refractivity contribution in [2.45, 2.75) is 52.2 Å². The number of rotatable bonds is 6. The number of hydrogen-bond donors (Lipinski definition) is 2.